The Labute approximate surface area is 166 Å². The third-order valence-corrected chi connectivity index (χ3v) is 6.84. The summed E-state index contributed by atoms with van der Waals surface area (Å²) in [4.78, 5) is 14.8. The number of hydrogen-bond acceptors (Lipinski definition) is 5. The molecule has 3 rings (SSSR count). The third-order valence-electron chi connectivity index (χ3n) is 4.94. The van der Waals surface area contributed by atoms with Gasteiger partial charge in [0.25, 0.3) is 5.91 Å². The van der Waals surface area contributed by atoms with Gasteiger partial charge in [0, 0.05) is 24.8 Å². The number of piperidine rings is 1. The quantitative estimate of drug-likeness (QED) is 0.739. The average molecular weight is 406 g/mol. The second-order valence-corrected chi connectivity index (χ2v) is 9.52. The Hall–Kier alpha value is -2.32. The molecule has 1 aromatic heterocycles. The molecule has 0 bridgehead atoms. The summed E-state index contributed by atoms with van der Waals surface area (Å²) in [5, 5.41) is 2.44. The van der Waals surface area contributed by atoms with Gasteiger partial charge in [-0.2, -0.15) is 0 Å². The molecule has 1 aliphatic rings. The van der Waals surface area contributed by atoms with Crippen LogP contribution >= 0.6 is 0 Å². The smallest absolute Gasteiger partial charge is 0.253 e. The number of nitrogens with zero attached hydrogens (tertiary/aromatic N) is 1. The Morgan fingerprint density at radius 2 is 1.89 bits per heavy atom. The van der Waals surface area contributed by atoms with E-state index in [1.807, 2.05) is 24.3 Å². The van der Waals surface area contributed by atoms with E-state index in [1.54, 1.807) is 32.2 Å². The average Bonchev–Trinajstić information content (AvgIpc) is 3.20. The monoisotopic (exact) mass is 405 g/mol. The minimum absolute atomic E-state index is 0.0661. The van der Waals surface area contributed by atoms with Crippen LogP contribution in [-0.2, 0) is 16.6 Å². The Morgan fingerprint density at radius 3 is 2.54 bits per heavy atom. The zero-order chi connectivity index (χ0) is 20.1. The standard InChI is InChI=1S/C20H27N3O4S/c1-15(2)28(25,26)22-16-9-11-23(12-10-16)19-8-4-3-7-18(19)20(24)21-14-17-6-5-13-27-17/h3-8,13,15-16,22H,9-12,14H2,1-2H3,(H,21,24). The molecule has 2 aromatic rings. The van der Waals surface area contributed by atoms with Gasteiger partial charge in [0.15, 0.2) is 0 Å². The van der Waals surface area contributed by atoms with Crippen molar-refractivity contribution in [2.45, 2.75) is 44.5 Å². The van der Waals surface area contributed by atoms with Crippen molar-refractivity contribution in [3.8, 4) is 0 Å². The van der Waals surface area contributed by atoms with Crippen molar-refractivity contribution in [1.29, 1.82) is 0 Å². The van der Waals surface area contributed by atoms with E-state index in [0.717, 1.165) is 5.69 Å². The van der Waals surface area contributed by atoms with Crippen LogP contribution in [0.4, 0.5) is 5.69 Å². The van der Waals surface area contributed by atoms with E-state index < -0.39 is 15.3 Å². The van der Waals surface area contributed by atoms with Gasteiger partial charge in [-0.3, -0.25) is 4.79 Å². The lowest BCUT2D eigenvalue weighted by atomic mass is 10.0. The number of nitrogens with one attached hydrogen (secondary N) is 2. The highest BCUT2D eigenvalue weighted by atomic mass is 32.2. The van der Waals surface area contributed by atoms with Gasteiger partial charge in [0.2, 0.25) is 10.0 Å². The number of benzene rings is 1. The number of carbonyl (C=O) groups excluding carboxylic acids is 1. The van der Waals surface area contributed by atoms with Crippen LogP contribution in [0.25, 0.3) is 0 Å². The maximum Gasteiger partial charge on any atom is 0.253 e. The van der Waals surface area contributed by atoms with Crippen LogP contribution in [0.1, 0.15) is 42.8 Å². The molecular formula is C20H27N3O4S. The van der Waals surface area contributed by atoms with Gasteiger partial charge in [-0.25, -0.2) is 13.1 Å². The fraction of sp³-hybridized carbons (Fsp3) is 0.450. The van der Waals surface area contributed by atoms with Crippen LogP contribution in [0.2, 0.25) is 0 Å². The van der Waals surface area contributed by atoms with Gasteiger partial charge in [-0.05, 0) is 51.0 Å². The lowest BCUT2D eigenvalue weighted by Gasteiger charge is -2.35. The van der Waals surface area contributed by atoms with Gasteiger partial charge in [0.05, 0.1) is 23.6 Å². The van der Waals surface area contributed by atoms with Crippen molar-refractivity contribution >= 4 is 21.6 Å². The number of carbonyl (C=O) groups is 1. The Balaban J connectivity index is 1.63. The topological polar surface area (TPSA) is 91.7 Å². The molecule has 0 radical (unpaired) electrons. The molecule has 28 heavy (non-hydrogen) atoms. The minimum atomic E-state index is -3.27. The van der Waals surface area contributed by atoms with E-state index in [9.17, 15) is 13.2 Å². The number of anilines is 1. The van der Waals surface area contributed by atoms with E-state index in [2.05, 4.69) is 14.9 Å². The van der Waals surface area contributed by atoms with Crippen molar-refractivity contribution in [3.05, 3.63) is 54.0 Å². The van der Waals surface area contributed by atoms with Gasteiger partial charge in [-0.15, -0.1) is 0 Å². The van der Waals surface area contributed by atoms with Crippen molar-refractivity contribution in [1.82, 2.24) is 10.0 Å². The summed E-state index contributed by atoms with van der Waals surface area (Å²) < 4.78 is 32.2. The highest BCUT2D eigenvalue weighted by molar-refractivity contribution is 7.90. The number of rotatable bonds is 7. The van der Waals surface area contributed by atoms with Crippen LogP contribution in [0.15, 0.2) is 47.1 Å². The summed E-state index contributed by atoms with van der Waals surface area (Å²) in [5.41, 5.74) is 1.47. The van der Waals surface area contributed by atoms with Crippen LogP contribution in [0, 0.1) is 0 Å². The minimum Gasteiger partial charge on any atom is -0.467 e. The first-order valence-corrected chi connectivity index (χ1v) is 11.1. The Kier molecular flexibility index (Phi) is 6.41. The molecule has 1 amide bonds. The number of amides is 1. The first kappa shape index (κ1) is 20.4. The first-order valence-electron chi connectivity index (χ1n) is 9.52. The summed E-state index contributed by atoms with van der Waals surface area (Å²) in [6.45, 7) is 5.06. The molecule has 1 fully saturated rings. The second kappa shape index (κ2) is 8.79. The predicted molar refractivity (Wildman–Crippen MR) is 109 cm³/mol. The summed E-state index contributed by atoms with van der Waals surface area (Å²) >= 11 is 0. The first-order chi connectivity index (χ1) is 13.4. The zero-order valence-corrected chi connectivity index (χ0v) is 17.0. The van der Waals surface area contributed by atoms with Gasteiger partial charge in [0.1, 0.15) is 5.76 Å². The highest BCUT2D eigenvalue weighted by Crippen LogP contribution is 2.25. The lowest BCUT2D eigenvalue weighted by Crippen LogP contribution is -2.46. The van der Waals surface area contributed by atoms with E-state index in [-0.39, 0.29) is 11.9 Å². The van der Waals surface area contributed by atoms with Crippen molar-refractivity contribution in [3.63, 3.8) is 0 Å². The molecule has 152 valence electrons. The molecule has 2 N–H and O–H groups in total. The molecule has 8 heteroatoms. The van der Waals surface area contributed by atoms with Crippen LogP contribution < -0.4 is 14.9 Å². The molecule has 0 spiro atoms. The van der Waals surface area contributed by atoms with E-state index >= 15 is 0 Å². The molecule has 2 heterocycles. The van der Waals surface area contributed by atoms with Crippen molar-refractivity contribution in [2.75, 3.05) is 18.0 Å². The van der Waals surface area contributed by atoms with Crippen LogP contribution in [-0.4, -0.2) is 38.7 Å². The second-order valence-electron chi connectivity index (χ2n) is 7.25. The maximum absolute atomic E-state index is 12.7. The summed E-state index contributed by atoms with van der Waals surface area (Å²) in [7, 11) is -3.27. The fourth-order valence-corrected chi connectivity index (χ4v) is 4.20. The van der Waals surface area contributed by atoms with Gasteiger partial charge in [-0.1, -0.05) is 12.1 Å². The van der Waals surface area contributed by atoms with Crippen LogP contribution in [0.3, 0.4) is 0 Å². The highest BCUT2D eigenvalue weighted by Gasteiger charge is 2.26. The lowest BCUT2D eigenvalue weighted by molar-refractivity contribution is 0.0948. The molecule has 0 saturated carbocycles. The number of para-hydroxylation sites is 1. The van der Waals surface area contributed by atoms with E-state index in [0.29, 0.717) is 43.8 Å². The molecule has 1 saturated heterocycles. The summed E-state index contributed by atoms with van der Waals surface area (Å²) in [5.74, 6) is 0.540. The molecule has 0 atom stereocenters. The van der Waals surface area contributed by atoms with Gasteiger partial charge < -0.3 is 14.6 Å². The molecular weight excluding hydrogens is 378 g/mol. The number of furan rings is 1. The summed E-state index contributed by atoms with van der Waals surface area (Å²) in [6.07, 6.45) is 2.98. The number of sulfonamides is 1. The molecule has 7 nitrogen and oxygen atoms in total. The maximum atomic E-state index is 12.7. The molecule has 1 aliphatic heterocycles. The third kappa shape index (κ3) is 4.94. The molecule has 0 aliphatic carbocycles. The molecule has 0 unspecified atom stereocenters. The van der Waals surface area contributed by atoms with E-state index in [1.165, 1.54) is 0 Å². The van der Waals surface area contributed by atoms with Crippen molar-refractivity contribution < 1.29 is 17.6 Å². The molecule has 1 aromatic carbocycles. The predicted octanol–water partition coefficient (Wildman–Crippen LogP) is 2.51. The fourth-order valence-electron chi connectivity index (χ4n) is 3.22. The SMILES string of the molecule is CC(C)S(=O)(=O)NC1CCN(c2ccccc2C(=O)NCc2ccco2)CC1. The Morgan fingerprint density at radius 1 is 1.18 bits per heavy atom. The normalized spacial score (nSPS) is 15.8. The Bertz CT molecular complexity index is 886. The largest absolute Gasteiger partial charge is 0.467 e. The van der Waals surface area contributed by atoms with Crippen molar-refractivity contribution in [2.24, 2.45) is 0 Å². The van der Waals surface area contributed by atoms with Crippen LogP contribution in [0.5, 0.6) is 0 Å². The van der Waals surface area contributed by atoms with E-state index in [4.69, 9.17) is 4.42 Å². The number of hydrogen-bond donors (Lipinski definition) is 2. The zero-order valence-electron chi connectivity index (χ0n) is 16.2. The van der Waals surface area contributed by atoms with Gasteiger partial charge >= 0.3 is 0 Å². The summed E-state index contributed by atoms with van der Waals surface area (Å²) in [6, 6.07) is 11.0.